The molecule has 1 unspecified atom stereocenters. The minimum Gasteiger partial charge on any atom is -0.478 e. The van der Waals surface area contributed by atoms with Crippen LogP contribution in [0.25, 0.3) is 0 Å². The molecule has 0 spiro atoms. The number of halogens is 2. The van der Waals surface area contributed by atoms with E-state index in [9.17, 15) is 18.3 Å². The highest BCUT2D eigenvalue weighted by Crippen LogP contribution is 2.28. The van der Waals surface area contributed by atoms with Gasteiger partial charge in [-0.25, -0.2) is 17.9 Å². The van der Waals surface area contributed by atoms with Crippen LogP contribution in [0.4, 0.5) is 0 Å². The Morgan fingerprint density at radius 1 is 1.35 bits per heavy atom. The molecule has 3 N–H and O–H groups in total. The van der Waals surface area contributed by atoms with E-state index in [1.54, 1.807) is 6.92 Å². The number of carboxylic acid groups (broad SMARTS) is 1. The van der Waals surface area contributed by atoms with Gasteiger partial charge in [0.25, 0.3) is 0 Å². The first-order chi connectivity index (χ1) is 9.19. The molecule has 0 amide bonds. The number of rotatable bonds is 6. The van der Waals surface area contributed by atoms with Crippen LogP contribution in [0.1, 0.15) is 23.7 Å². The summed E-state index contributed by atoms with van der Waals surface area (Å²) in [6.45, 7) is 1.50. The number of sulfonamides is 1. The number of hydrogen-bond acceptors (Lipinski definition) is 4. The average molecular weight is 342 g/mol. The summed E-state index contributed by atoms with van der Waals surface area (Å²) in [5.74, 6) is -1.36. The van der Waals surface area contributed by atoms with E-state index in [1.165, 1.54) is 0 Å². The van der Waals surface area contributed by atoms with Crippen molar-refractivity contribution in [3.05, 3.63) is 27.7 Å². The molecule has 9 heteroatoms. The molecule has 0 bridgehead atoms. The molecule has 1 rings (SSSR count). The van der Waals surface area contributed by atoms with Crippen molar-refractivity contribution < 1.29 is 23.4 Å². The Morgan fingerprint density at radius 3 is 2.45 bits per heavy atom. The molecule has 0 aliphatic carbocycles. The van der Waals surface area contributed by atoms with E-state index >= 15 is 0 Å². The van der Waals surface area contributed by atoms with E-state index < -0.39 is 27.0 Å². The Labute approximate surface area is 126 Å². The zero-order chi connectivity index (χ0) is 15.5. The standard InChI is InChI=1S/C11H13Cl2NO5S/c1-2-6(15)5-14-20(18,19)10-3-7(11(16)17)8(12)4-9(10)13/h3-4,6,14-15H,2,5H2,1H3,(H,16,17). The van der Waals surface area contributed by atoms with Crippen LogP contribution in [0.2, 0.25) is 10.0 Å². The van der Waals surface area contributed by atoms with Crippen molar-refractivity contribution in [3.8, 4) is 0 Å². The van der Waals surface area contributed by atoms with E-state index in [4.69, 9.17) is 28.3 Å². The molecule has 0 radical (unpaired) electrons. The van der Waals surface area contributed by atoms with E-state index in [1.807, 2.05) is 0 Å². The summed E-state index contributed by atoms with van der Waals surface area (Å²) in [5, 5.41) is 17.9. The van der Waals surface area contributed by atoms with Gasteiger partial charge in [-0.2, -0.15) is 0 Å². The fourth-order valence-electron chi connectivity index (χ4n) is 1.33. The topological polar surface area (TPSA) is 104 Å². The van der Waals surface area contributed by atoms with Gasteiger partial charge in [-0.15, -0.1) is 0 Å². The fourth-order valence-corrected chi connectivity index (χ4v) is 3.25. The van der Waals surface area contributed by atoms with Crippen molar-refractivity contribution in [2.75, 3.05) is 6.54 Å². The molecular weight excluding hydrogens is 329 g/mol. The molecule has 1 atom stereocenters. The second-order valence-corrected chi connectivity index (χ2v) is 6.53. The van der Waals surface area contributed by atoms with Gasteiger partial charge < -0.3 is 10.2 Å². The first-order valence-electron chi connectivity index (χ1n) is 5.59. The SMILES string of the molecule is CCC(O)CNS(=O)(=O)c1cc(C(=O)O)c(Cl)cc1Cl. The quantitative estimate of drug-likeness (QED) is 0.731. The molecule has 0 aromatic heterocycles. The number of carbonyl (C=O) groups is 1. The molecule has 6 nitrogen and oxygen atoms in total. The normalized spacial score (nSPS) is 13.2. The van der Waals surface area contributed by atoms with Gasteiger partial charge >= 0.3 is 5.97 Å². The van der Waals surface area contributed by atoms with E-state index in [0.717, 1.165) is 12.1 Å². The van der Waals surface area contributed by atoms with Crippen LogP contribution in [-0.2, 0) is 10.0 Å². The van der Waals surface area contributed by atoms with Crippen LogP contribution >= 0.6 is 23.2 Å². The van der Waals surface area contributed by atoms with Crippen LogP contribution in [0.5, 0.6) is 0 Å². The van der Waals surface area contributed by atoms with Crippen molar-refractivity contribution in [1.29, 1.82) is 0 Å². The van der Waals surface area contributed by atoms with Crippen LogP contribution in [-0.4, -0.2) is 37.2 Å². The second-order valence-electron chi connectivity index (χ2n) is 3.98. The summed E-state index contributed by atoms with van der Waals surface area (Å²) < 4.78 is 26.2. The Kier molecular flexibility index (Phi) is 5.79. The number of hydrogen-bond donors (Lipinski definition) is 3. The highest BCUT2D eigenvalue weighted by Gasteiger charge is 2.22. The number of carboxylic acids is 1. The van der Waals surface area contributed by atoms with Gasteiger partial charge in [0.15, 0.2) is 0 Å². The highest BCUT2D eigenvalue weighted by molar-refractivity contribution is 7.89. The van der Waals surface area contributed by atoms with Crippen LogP contribution in [0.15, 0.2) is 17.0 Å². The lowest BCUT2D eigenvalue weighted by Gasteiger charge is -2.12. The van der Waals surface area contributed by atoms with Crippen LogP contribution in [0.3, 0.4) is 0 Å². The molecule has 0 aliphatic rings. The Bertz CT molecular complexity index is 617. The Hall–Kier alpha value is -0.860. The first kappa shape index (κ1) is 17.2. The predicted octanol–water partition coefficient (Wildman–Crippen LogP) is 1.74. The summed E-state index contributed by atoms with van der Waals surface area (Å²) >= 11 is 11.5. The predicted molar refractivity (Wildman–Crippen MR) is 74.9 cm³/mol. The van der Waals surface area contributed by atoms with Gasteiger partial charge in [-0.1, -0.05) is 30.1 Å². The zero-order valence-corrected chi connectivity index (χ0v) is 12.8. The first-order valence-corrected chi connectivity index (χ1v) is 7.83. The lowest BCUT2D eigenvalue weighted by molar-refractivity contribution is 0.0697. The van der Waals surface area contributed by atoms with Crippen LogP contribution in [0, 0.1) is 0 Å². The fraction of sp³-hybridized carbons (Fsp3) is 0.364. The number of aliphatic hydroxyl groups is 1. The summed E-state index contributed by atoms with van der Waals surface area (Å²) in [6, 6.07) is 1.94. The van der Waals surface area contributed by atoms with Gasteiger partial charge in [-0.3, -0.25) is 0 Å². The maximum absolute atomic E-state index is 12.0. The maximum Gasteiger partial charge on any atom is 0.337 e. The Balaban J connectivity index is 3.18. The van der Waals surface area contributed by atoms with Crippen molar-refractivity contribution >= 4 is 39.2 Å². The maximum atomic E-state index is 12.0. The number of aromatic carboxylic acids is 1. The summed E-state index contributed by atoms with van der Waals surface area (Å²) in [6.07, 6.45) is -0.466. The van der Waals surface area contributed by atoms with Crippen molar-refractivity contribution in [2.45, 2.75) is 24.3 Å². The summed E-state index contributed by atoms with van der Waals surface area (Å²) in [5.41, 5.74) is -0.368. The van der Waals surface area contributed by atoms with Gasteiger partial charge in [-0.05, 0) is 18.6 Å². The molecule has 1 aromatic rings. The molecule has 0 saturated carbocycles. The molecular formula is C11H13Cl2NO5S. The number of aliphatic hydroxyl groups excluding tert-OH is 1. The summed E-state index contributed by atoms with van der Waals surface area (Å²) in [4.78, 5) is 10.5. The third-order valence-corrected chi connectivity index (χ3v) is 4.72. The average Bonchev–Trinajstić information content (AvgIpc) is 2.35. The minimum absolute atomic E-state index is 0.157. The van der Waals surface area contributed by atoms with Gasteiger partial charge in [0, 0.05) is 6.54 Å². The van der Waals surface area contributed by atoms with E-state index in [0.29, 0.717) is 6.42 Å². The minimum atomic E-state index is -4.03. The lowest BCUT2D eigenvalue weighted by Crippen LogP contribution is -2.32. The van der Waals surface area contributed by atoms with Gasteiger partial charge in [0.2, 0.25) is 10.0 Å². The van der Waals surface area contributed by atoms with Crippen molar-refractivity contribution in [2.24, 2.45) is 0 Å². The molecule has 0 aliphatic heterocycles. The van der Waals surface area contributed by atoms with Crippen LogP contribution < -0.4 is 4.72 Å². The molecule has 1 aromatic carbocycles. The van der Waals surface area contributed by atoms with E-state index in [-0.39, 0.29) is 22.2 Å². The number of nitrogens with one attached hydrogen (secondary N) is 1. The molecule has 0 fully saturated rings. The summed E-state index contributed by atoms with van der Waals surface area (Å²) in [7, 11) is -4.03. The lowest BCUT2D eigenvalue weighted by atomic mass is 10.2. The van der Waals surface area contributed by atoms with Crippen molar-refractivity contribution in [1.82, 2.24) is 4.72 Å². The van der Waals surface area contributed by atoms with Crippen molar-refractivity contribution in [3.63, 3.8) is 0 Å². The third-order valence-electron chi connectivity index (χ3n) is 2.52. The monoisotopic (exact) mass is 341 g/mol. The molecule has 0 heterocycles. The van der Waals surface area contributed by atoms with Gasteiger partial charge in [0.05, 0.1) is 21.7 Å². The number of benzene rings is 1. The molecule has 20 heavy (non-hydrogen) atoms. The second kappa shape index (κ2) is 6.73. The smallest absolute Gasteiger partial charge is 0.337 e. The zero-order valence-electron chi connectivity index (χ0n) is 10.4. The van der Waals surface area contributed by atoms with Gasteiger partial charge in [0.1, 0.15) is 4.90 Å². The Morgan fingerprint density at radius 2 is 1.95 bits per heavy atom. The third kappa shape index (κ3) is 4.07. The molecule has 0 saturated heterocycles. The highest BCUT2D eigenvalue weighted by atomic mass is 35.5. The van der Waals surface area contributed by atoms with E-state index in [2.05, 4.69) is 4.72 Å². The molecule has 112 valence electrons. The largest absolute Gasteiger partial charge is 0.478 e.